The molecule has 6 nitrogen and oxygen atoms in total. The normalized spacial score (nSPS) is 9.60. The number of nitrogens with two attached hydrogens (primary N) is 1. The fourth-order valence-corrected chi connectivity index (χ4v) is 1.09. The van der Waals surface area contributed by atoms with E-state index in [0.29, 0.717) is 5.69 Å². The molecular weight excluding hydrogens is 194 g/mol. The average molecular weight is 201 g/mol. The van der Waals surface area contributed by atoms with E-state index < -0.39 is 0 Å². The lowest BCUT2D eigenvalue weighted by Crippen LogP contribution is -2.06. The van der Waals surface area contributed by atoms with Gasteiger partial charge in [-0.2, -0.15) is 10.2 Å². The number of nitrogens with one attached hydrogen (secondary N) is 1. The molecule has 0 atom stereocenters. The highest BCUT2D eigenvalue weighted by molar-refractivity contribution is 5.54. The summed E-state index contributed by atoms with van der Waals surface area (Å²) < 4.78 is 5.21. The van der Waals surface area contributed by atoms with Gasteiger partial charge in [-0.15, -0.1) is 0 Å². The van der Waals surface area contributed by atoms with Crippen LogP contribution in [0.15, 0.2) is 28.8 Å². The van der Waals surface area contributed by atoms with Gasteiger partial charge in [0.15, 0.2) is 0 Å². The molecule has 0 spiro atoms. The van der Waals surface area contributed by atoms with Gasteiger partial charge in [0, 0.05) is 6.20 Å². The molecule has 2 heterocycles. The molecule has 0 amide bonds. The zero-order valence-electron chi connectivity index (χ0n) is 7.64. The van der Waals surface area contributed by atoms with Crippen molar-refractivity contribution < 1.29 is 4.42 Å². The molecule has 0 fully saturated rings. The topological polar surface area (TPSA) is 101 Å². The Balaban J connectivity index is 2.48. The van der Waals surface area contributed by atoms with E-state index in [1.54, 1.807) is 24.4 Å². The number of nitrogen functional groups attached to an aromatic ring is 1. The summed E-state index contributed by atoms with van der Waals surface area (Å²) in [4.78, 5) is 7.97. The zero-order valence-corrected chi connectivity index (χ0v) is 7.64. The van der Waals surface area contributed by atoms with Gasteiger partial charge in [0.1, 0.15) is 11.8 Å². The van der Waals surface area contributed by atoms with E-state index in [-0.39, 0.29) is 17.5 Å². The van der Waals surface area contributed by atoms with E-state index in [1.807, 2.05) is 6.07 Å². The Kier molecular flexibility index (Phi) is 2.31. The summed E-state index contributed by atoms with van der Waals surface area (Å²) in [6.45, 7) is 0. The van der Waals surface area contributed by atoms with E-state index >= 15 is 0 Å². The highest BCUT2D eigenvalue weighted by Crippen LogP contribution is 2.22. The van der Waals surface area contributed by atoms with Crippen LogP contribution in [0.5, 0.6) is 0 Å². The third-order valence-electron chi connectivity index (χ3n) is 1.75. The molecule has 0 saturated carbocycles. The van der Waals surface area contributed by atoms with Crippen molar-refractivity contribution in [3.8, 4) is 17.7 Å². The van der Waals surface area contributed by atoms with Crippen LogP contribution < -0.4 is 11.3 Å². The van der Waals surface area contributed by atoms with Crippen LogP contribution in [-0.4, -0.2) is 9.97 Å². The number of pyridine rings is 1. The Morgan fingerprint density at radius 1 is 1.47 bits per heavy atom. The van der Waals surface area contributed by atoms with Crippen molar-refractivity contribution in [2.75, 3.05) is 5.43 Å². The van der Waals surface area contributed by atoms with Crippen LogP contribution in [-0.2, 0) is 0 Å². The second kappa shape index (κ2) is 3.77. The first-order valence-electron chi connectivity index (χ1n) is 4.14. The van der Waals surface area contributed by atoms with Crippen molar-refractivity contribution in [2.24, 2.45) is 5.84 Å². The van der Waals surface area contributed by atoms with Gasteiger partial charge >= 0.3 is 0 Å². The molecule has 0 radical (unpaired) electrons. The SMILES string of the molecule is N#Cc1nc(-c2ccccn2)oc1NN. The molecular formula is C9H7N5O. The Morgan fingerprint density at radius 2 is 2.33 bits per heavy atom. The van der Waals surface area contributed by atoms with Crippen LogP contribution in [0.3, 0.4) is 0 Å². The second-order valence-corrected chi connectivity index (χ2v) is 2.67. The summed E-state index contributed by atoms with van der Waals surface area (Å²) in [5.41, 5.74) is 2.92. The van der Waals surface area contributed by atoms with Gasteiger partial charge in [0.05, 0.1) is 0 Å². The summed E-state index contributed by atoms with van der Waals surface area (Å²) in [7, 11) is 0. The molecule has 15 heavy (non-hydrogen) atoms. The van der Waals surface area contributed by atoms with Crippen LogP contribution in [0, 0.1) is 11.3 Å². The standard InChI is InChI=1S/C9H7N5O/c10-5-7-9(14-11)15-8(13-7)6-3-1-2-4-12-6/h1-4,14H,11H2. The Labute approximate surface area is 85.3 Å². The van der Waals surface area contributed by atoms with Crippen LogP contribution in [0.1, 0.15) is 5.69 Å². The van der Waals surface area contributed by atoms with Gasteiger partial charge < -0.3 is 4.42 Å². The molecule has 0 aliphatic heterocycles. The maximum Gasteiger partial charge on any atom is 0.248 e. The summed E-state index contributed by atoms with van der Waals surface area (Å²) >= 11 is 0. The molecule has 6 heteroatoms. The molecule has 0 saturated heterocycles. The predicted molar refractivity (Wildman–Crippen MR) is 52.3 cm³/mol. The Hall–Kier alpha value is -2.39. The number of hydrogen-bond acceptors (Lipinski definition) is 6. The lowest BCUT2D eigenvalue weighted by molar-refractivity contribution is 0.584. The van der Waals surface area contributed by atoms with Crippen molar-refractivity contribution >= 4 is 5.88 Å². The summed E-state index contributed by atoms with van der Waals surface area (Å²) in [5.74, 6) is 5.56. The first-order chi connectivity index (χ1) is 7.35. The lowest BCUT2D eigenvalue weighted by Gasteiger charge is -1.92. The minimum Gasteiger partial charge on any atom is -0.416 e. The van der Waals surface area contributed by atoms with Crippen molar-refractivity contribution in [1.29, 1.82) is 5.26 Å². The molecule has 2 aromatic rings. The molecule has 0 unspecified atom stereocenters. The monoisotopic (exact) mass is 201 g/mol. The van der Waals surface area contributed by atoms with Crippen molar-refractivity contribution in [1.82, 2.24) is 9.97 Å². The van der Waals surface area contributed by atoms with Gasteiger partial charge in [0.25, 0.3) is 0 Å². The van der Waals surface area contributed by atoms with Crippen molar-refractivity contribution in [2.45, 2.75) is 0 Å². The molecule has 2 aromatic heterocycles. The quantitative estimate of drug-likeness (QED) is 0.552. The van der Waals surface area contributed by atoms with E-state index in [2.05, 4.69) is 15.4 Å². The first-order valence-corrected chi connectivity index (χ1v) is 4.14. The van der Waals surface area contributed by atoms with Crippen molar-refractivity contribution in [3.63, 3.8) is 0 Å². The van der Waals surface area contributed by atoms with E-state index in [0.717, 1.165) is 0 Å². The Morgan fingerprint density at radius 3 is 2.87 bits per heavy atom. The van der Waals surface area contributed by atoms with Gasteiger partial charge in [-0.3, -0.25) is 10.4 Å². The molecule has 2 rings (SSSR count). The summed E-state index contributed by atoms with van der Waals surface area (Å²) in [6, 6.07) is 7.17. The van der Waals surface area contributed by atoms with Crippen LogP contribution in [0.4, 0.5) is 5.88 Å². The number of rotatable bonds is 2. The number of hydrogen-bond donors (Lipinski definition) is 2. The second-order valence-electron chi connectivity index (χ2n) is 2.67. The van der Waals surface area contributed by atoms with E-state index in [1.165, 1.54) is 0 Å². The van der Waals surface area contributed by atoms with Crippen LogP contribution >= 0.6 is 0 Å². The smallest absolute Gasteiger partial charge is 0.248 e. The summed E-state index contributed by atoms with van der Waals surface area (Å²) in [6.07, 6.45) is 1.61. The maximum atomic E-state index is 8.72. The number of anilines is 1. The largest absolute Gasteiger partial charge is 0.416 e. The number of oxazole rings is 1. The maximum absolute atomic E-state index is 8.72. The van der Waals surface area contributed by atoms with Gasteiger partial charge in [-0.25, -0.2) is 5.84 Å². The van der Waals surface area contributed by atoms with Crippen LogP contribution in [0.2, 0.25) is 0 Å². The number of hydrazine groups is 1. The zero-order chi connectivity index (χ0) is 10.7. The lowest BCUT2D eigenvalue weighted by atomic mass is 10.3. The van der Waals surface area contributed by atoms with Gasteiger partial charge in [0.2, 0.25) is 17.5 Å². The average Bonchev–Trinajstić information content (AvgIpc) is 2.73. The highest BCUT2D eigenvalue weighted by atomic mass is 16.4. The third kappa shape index (κ3) is 1.63. The highest BCUT2D eigenvalue weighted by Gasteiger charge is 2.13. The van der Waals surface area contributed by atoms with Crippen LogP contribution in [0.25, 0.3) is 11.6 Å². The molecule has 74 valence electrons. The summed E-state index contributed by atoms with van der Waals surface area (Å²) in [5, 5.41) is 8.72. The molecule has 3 N–H and O–H groups in total. The fourth-order valence-electron chi connectivity index (χ4n) is 1.09. The van der Waals surface area contributed by atoms with E-state index in [4.69, 9.17) is 15.5 Å². The third-order valence-corrected chi connectivity index (χ3v) is 1.75. The minimum absolute atomic E-state index is 0.109. The Bertz CT molecular complexity index is 499. The number of nitrogens with zero attached hydrogens (tertiary/aromatic N) is 3. The first kappa shape index (κ1) is 9.18. The van der Waals surface area contributed by atoms with E-state index in [9.17, 15) is 0 Å². The van der Waals surface area contributed by atoms with Gasteiger partial charge in [-0.1, -0.05) is 6.07 Å². The molecule has 0 bridgehead atoms. The molecule has 0 aliphatic rings. The van der Waals surface area contributed by atoms with Gasteiger partial charge in [-0.05, 0) is 12.1 Å². The fraction of sp³-hybridized carbons (Fsp3) is 0. The van der Waals surface area contributed by atoms with Crippen molar-refractivity contribution in [3.05, 3.63) is 30.1 Å². The molecule has 0 aromatic carbocycles. The number of aromatic nitrogens is 2. The predicted octanol–water partition coefficient (Wildman–Crippen LogP) is 0.894. The molecule has 0 aliphatic carbocycles. The minimum atomic E-state index is 0.109. The number of nitriles is 1.